The highest BCUT2D eigenvalue weighted by Gasteiger charge is 2.74. The SMILES string of the molecule is CC(C)[C@]12CC3OC3(C)[C@H](C1)O[P@@]2(C)=O. The summed E-state index contributed by atoms with van der Waals surface area (Å²) in [5.41, 5.74) is -0.124. The van der Waals surface area contributed by atoms with Crippen LogP contribution in [0.1, 0.15) is 33.6 Å². The van der Waals surface area contributed by atoms with E-state index < -0.39 is 7.37 Å². The van der Waals surface area contributed by atoms with E-state index in [1.165, 1.54) is 0 Å². The first-order valence-electron chi connectivity index (χ1n) is 5.76. The summed E-state index contributed by atoms with van der Waals surface area (Å²) >= 11 is 0. The van der Waals surface area contributed by atoms with Gasteiger partial charge in [0.05, 0.1) is 17.4 Å². The second kappa shape index (κ2) is 2.52. The maximum absolute atomic E-state index is 12.6. The highest BCUT2D eigenvalue weighted by molar-refractivity contribution is 7.60. The van der Waals surface area contributed by atoms with Gasteiger partial charge in [-0.1, -0.05) is 13.8 Å². The molecule has 2 aliphatic heterocycles. The number of hydrogen-bond acceptors (Lipinski definition) is 3. The van der Waals surface area contributed by atoms with Gasteiger partial charge in [0.2, 0.25) is 7.37 Å². The summed E-state index contributed by atoms with van der Waals surface area (Å²) in [6.07, 6.45) is 2.19. The molecule has 0 N–H and O–H groups in total. The maximum Gasteiger partial charge on any atom is 0.206 e. The van der Waals surface area contributed by atoms with Gasteiger partial charge in [-0.2, -0.15) is 0 Å². The fourth-order valence-corrected chi connectivity index (χ4v) is 6.40. The summed E-state index contributed by atoms with van der Waals surface area (Å²) in [7, 11) is -2.46. The molecule has 0 aromatic carbocycles. The van der Waals surface area contributed by atoms with Crippen molar-refractivity contribution >= 4 is 7.37 Å². The minimum absolute atomic E-state index is 0.0643. The van der Waals surface area contributed by atoms with Gasteiger partial charge >= 0.3 is 0 Å². The van der Waals surface area contributed by atoms with Crippen LogP contribution in [0.2, 0.25) is 0 Å². The first kappa shape index (κ1) is 10.3. The van der Waals surface area contributed by atoms with Crippen molar-refractivity contribution in [3.63, 3.8) is 0 Å². The molecule has 0 radical (unpaired) electrons. The van der Waals surface area contributed by atoms with Gasteiger partial charge in [-0.25, -0.2) is 0 Å². The Morgan fingerprint density at radius 3 is 2.53 bits per heavy atom. The third-order valence-electron chi connectivity index (χ3n) is 4.91. The van der Waals surface area contributed by atoms with Crippen molar-refractivity contribution in [2.24, 2.45) is 5.92 Å². The molecule has 3 rings (SSSR count). The summed E-state index contributed by atoms with van der Waals surface area (Å²) in [6, 6.07) is 0. The van der Waals surface area contributed by atoms with Crippen LogP contribution in [0, 0.1) is 5.92 Å². The molecule has 0 amide bonds. The van der Waals surface area contributed by atoms with E-state index in [1.54, 1.807) is 0 Å². The van der Waals surface area contributed by atoms with E-state index in [0.717, 1.165) is 12.8 Å². The summed E-state index contributed by atoms with van der Waals surface area (Å²) in [4.78, 5) is 0. The Balaban J connectivity index is 2.05. The maximum atomic E-state index is 12.6. The van der Waals surface area contributed by atoms with Crippen LogP contribution in [0.25, 0.3) is 0 Å². The highest BCUT2D eigenvalue weighted by atomic mass is 31.2. The van der Waals surface area contributed by atoms with Gasteiger partial charge in [0.25, 0.3) is 0 Å². The van der Waals surface area contributed by atoms with E-state index in [2.05, 4.69) is 20.8 Å². The Kier molecular flexibility index (Phi) is 1.73. The van der Waals surface area contributed by atoms with Crippen molar-refractivity contribution < 1.29 is 13.8 Å². The zero-order valence-electron chi connectivity index (χ0n) is 9.82. The van der Waals surface area contributed by atoms with Gasteiger partial charge in [-0.05, 0) is 25.7 Å². The van der Waals surface area contributed by atoms with E-state index in [9.17, 15) is 4.57 Å². The van der Waals surface area contributed by atoms with Crippen LogP contribution >= 0.6 is 7.37 Å². The van der Waals surface area contributed by atoms with Gasteiger partial charge in [-0.15, -0.1) is 0 Å². The van der Waals surface area contributed by atoms with Crippen LogP contribution in [0.5, 0.6) is 0 Å². The number of fused-ring (bicyclic) bond motifs is 4. The molecule has 2 bridgehead atoms. The van der Waals surface area contributed by atoms with Crippen molar-refractivity contribution in [3.05, 3.63) is 0 Å². The average molecular weight is 230 g/mol. The molecule has 1 aliphatic carbocycles. The molecule has 3 fully saturated rings. The molecule has 0 aromatic heterocycles. The standard InChI is InChI=1S/C11H19O3P/c1-7(2)11-5-8-10(3,13-8)9(6-11)14-15(11,4)12/h7-9H,5-6H2,1-4H3/t8?,9-,10?,11-,15+/m0/s1. The quantitative estimate of drug-likeness (QED) is 0.513. The van der Waals surface area contributed by atoms with Crippen LogP contribution < -0.4 is 0 Å². The molecule has 1 saturated carbocycles. The topological polar surface area (TPSA) is 38.8 Å². The van der Waals surface area contributed by atoms with E-state index in [0.29, 0.717) is 5.92 Å². The second-order valence-electron chi connectivity index (χ2n) is 5.90. The summed E-state index contributed by atoms with van der Waals surface area (Å²) < 4.78 is 24.2. The fraction of sp³-hybridized carbons (Fsp3) is 1.00. The van der Waals surface area contributed by atoms with E-state index in [-0.39, 0.29) is 23.0 Å². The van der Waals surface area contributed by atoms with Crippen LogP contribution in [-0.2, 0) is 13.8 Å². The van der Waals surface area contributed by atoms with E-state index >= 15 is 0 Å². The Bertz CT molecular complexity index is 363. The molecule has 15 heavy (non-hydrogen) atoms. The lowest BCUT2D eigenvalue weighted by molar-refractivity contribution is 0.122. The number of hydrogen-bond donors (Lipinski definition) is 0. The van der Waals surface area contributed by atoms with E-state index in [4.69, 9.17) is 9.26 Å². The summed E-state index contributed by atoms with van der Waals surface area (Å²) in [5.74, 6) is 0.409. The monoisotopic (exact) mass is 230 g/mol. The molecular formula is C11H19O3P. The normalized spacial score (nSPS) is 61.9. The van der Waals surface area contributed by atoms with Gasteiger partial charge in [0, 0.05) is 6.66 Å². The smallest absolute Gasteiger partial charge is 0.206 e. The van der Waals surface area contributed by atoms with Crippen LogP contribution in [-0.4, -0.2) is 29.6 Å². The molecule has 0 spiro atoms. The number of epoxide rings is 1. The Labute approximate surface area is 91.0 Å². The Hall–Kier alpha value is 0.150. The van der Waals surface area contributed by atoms with Crippen LogP contribution in [0.4, 0.5) is 0 Å². The van der Waals surface area contributed by atoms with Crippen molar-refractivity contribution in [2.45, 2.75) is 56.6 Å². The second-order valence-corrected chi connectivity index (χ2v) is 8.69. The number of rotatable bonds is 1. The summed E-state index contributed by atoms with van der Waals surface area (Å²) in [5, 5.41) is -0.113. The van der Waals surface area contributed by atoms with Crippen molar-refractivity contribution in [1.29, 1.82) is 0 Å². The lowest BCUT2D eigenvalue weighted by Crippen LogP contribution is -2.42. The predicted molar refractivity (Wildman–Crippen MR) is 58.5 cm³/mol. The third-order valence-corrected chi connectivity index (χ3v) is 8.06. The minimum Gasteiger partial charge on any atom is -0.363 e. The largest absolute Gasteiger partial charge is 0.363 e. The van der Waals surface area contributed by atoms with Crippen molar-refractivity contribution in [3.8, 4) is 0 Å². The molecule has 2 saturated heterocycles. The first-order chi connectivity index (χ1) is 6.82. The van der Waals surface area contributed by atoms with Gasteiger partial charge in [-0.3, -0.25) is 4.57 Å². The third kappa shape index (κ3) is 1.02. The first-order valence-corrected chi connectivity index (χ1v) is 7.83. The van der Waals surface area contributed by atoms with Gasteiger partial charge in [0.1, 0.15) is 5.60 Å². The molecular weight excluding hydrogens is 211 g/mol. The average Bonchev–Trinajstić information content (AvgIpc) is 2.67. The fourth-order valence-electron chi connectivity index (χ4n) is 3.49. The molecule has 2 unspecified atom stereocenters. The van der Waals surface area contributed by atoms with Crippen LogP contribution in [0.3, 0.4) is 0 Å². The lowest BCUT2D eigenvalue weighted by atomic mass is 9.75. The Morgan fingerprint density at radius 1 is 1.33 bits per heavy atom. The number of ether oxygens (including phenoxy) is 1. The van der Waals surface area contributed by atoms with Crippen LogP contribution in [0.15, 0.2) is 0 Å². The van der Waals surface area contributed by atoms with Gasteiger partial charge in [0.15, 0.2) is 0 Å². The summed E-state index contributed by atoms with van der Waals surface area (Å²) in [6.45, 7) is 8.24. The molecule has 0 aromatic rings. The Morgan fingerprint density at radius 2 is 1.93 bits per heavy atom. The van der Waals surface area contributed by atoms with Crippen molar-refractivity contribution in [2.75, 3.05) is 6.66 Å². The van der Waals surface area contributed by atoms with E-state index in [1.807, 2.05) is 6.66 Å². The predicted octanol–water partition coefficient (Wildman–Crippen LogP) is 2.64. The molecule has 5 atom stereocenters. The highest BCUT2D eigenvalue weighted by Crippen LogP contribution is 2.76. The van der Waals surface area contributed by atoms with Crippen molar-refractivity contribution in [1.82, 2.24) is 0 Å². The molecule has 3 aliphatic rings. The molecule has 4 heteroatoms. The zero-order valence-corrected chi connectivity index (χ0v) is 10.7. The minimum atomic E-state index is -2.46. The van der Waals surface area contributed by atoms with Gasteiger partial charge < -0.3 is 9.26 Å². The molecule has 2 heterocycles. The molecule has 3 nitrogen and oxygen atoms in total. The molecule has 86 valence electrons. The lowest BCUT2D eigenvalue weighted by Gasteiger charge is -2.36. The zero-order chi connectivity index (χ0) is 11.1.